The highest BCUT2D eigenvalue weighted by Crippen LogP contribution is 1.94. The summed E-state index contributed by atoms with van der Waals surface area (Å²) in [4.78, 5) is 21.5. The smallest absolute Gasteiger partial charge is 0.410 e. The van der Waals surface area contributed by atoms with Crippen LogP contribution in [0.4, 0.5) is 4.79 Å². The van der Waals surface area contributed by atoms with Crippen LogP contribution in [0.5, 0.6) is 0 Å². The number of carbonyl (C=O) groups is 2. The molecule has 94 valence electrons. The van der Waals surface area contributed by atoms with Gasteiger partial charge in [0.2, 0.25) is 6.29 Å². The van der Waals surface area contributed by atoms with E-state index in [2.05, 4.69) is 14.8 Å². The maximum atomic E-state index is 11.0. The molecule has 1 unspecified atom stereocenters. The van der Waals surface area contributed by atoms with Crippen molar-refractivity contribution in [2.45, 2.75) is 26.6 Å². The Labute approximate surface area is 95.1 Å². The lowest BCUT2D eigenvalue weighted by Gasteiger charge is -2.12. The van der Waals surface area contributed by atoms with Gasteiger partial charge < -0.3 is 14.8 Å². The Morgan fingerprint density at radius 3 is 2.44 bits per heavy atom. The number of carbonyl (C=O) groups excluding carboxylic acids is 2. The lowest BCUT2D eigenvalue weighted by Crippen LogP contribution is -2.30. The molecule has 0 aromatic carbocycles. The van der Waals surface area contributed by atoms with Crippen molar-refractivity contribution in [2.24, 2.45) is 0 Å². The van der Waals surface area contributed by atoms with Gasteiger partial charge in [-0.3, -0.25) is 4.79 Å². The van der Waals surface area contributed by atoms with Gasteiger partial charge in [-0.25, -0.2) is 13.2 Å². The van der Waals surface area contributed by atoms with Crippen molar-refractivity contribution in [3.8, 4) is 0 Å². The molecular formula is C8H15NO6S. The average Bonchev–Trinajstić information content (AvgIpc) is 2.10. The number of nitrogens with one attached hydrogen (secondary N) is 1. The van der Waals surface area contributed by atoms with Crippen molar-refractivity contribution in [3.63, 3.8) is 0 Å². The van der Waals surface area contributed by atoms with E-state index in [-0.39, 0.29) is 12.3 Å². The maximum absolute atomic E-state index is 11.0. The number of thiol groups is 1. The molecule has 0 aliphatic heterocycles. The summed E-state index contributed by atoms with van der Waals surface area (Å²) in [6, 6.07) is 0. The third kappa shape index (κ3) is 9.25. The number of alkyl carbamates (subject to hydrolysis) is 1. The Bertz CT molecular complexity index is 306. The van der Waals surface area contributed by atoms with Gasteiger partial charge in [-0.2, -0.15) is 0 Å². The number of rotatable bonds is 6. The lowest BCUT2D eigenvalue weighted by atomic mass is 10.5. The second kappa shape index (κ2) is 7.91. The molecule has 0 heterocycles. The minimum Gasteiger partial charge on any atom is -0.426 e. The van der Waals surface area contributed by atoms with Crippen LogP contribution in [0.1, 0.15) is 20.3 Å². The number of hydrogen-bond donors (Lipinski definition) is 2. The van der Waals surface area contributed by atoms with E-state index < -0.39 is 29.1 Å². The summed E-state index contributed by atoms with van der Waals surface area (Å²) in [6.07, 6.45) is -1.40. The van der Waals surface area contributed by atoms with E-state index in [0.29, 0.717) is 6.42 Å². The van der Waals surface area contributed by atoms with Crippen LogP contribution in [-0.2, 0) is 25.0 Å². The monoisotopic (exact) mass is 253 g/mol. The highest BCUT2D eigenvalue weighted by atomic mass is 32.2. The zero-order chi connectivity index (χ0) is 12.6. The minimum absolute atomic E-state index is 0.00904. The van der Waals surface area contributed by atoms with E-state index in [9.17, 15) is 18.0 Å². The van der Waals surface area contributed by atoms with Gasteiger partial charge in [0.05, 0.1) is 0 Å². The normalized spacial score (nSPS) is 11.9. The quantitative estimate of drug-likeness (QED) is 0.290. The Morgan fingerprint density at radius 1 is 1.31 bits per heavy atom. The number of esters is 1. The predicted molar refractivity (Wildman–Crippen MR) is 55.5 cm³/mol. The molecule has 0 fully saturated rings. The first-order valence-corrected chi connectivity index (χ1v) is 6.01. The fourth-order valence-corrected chi connectivity index (χ4v) is 1.27. The van der Waals surface area contributed by atoms with Crippen LogP contribution in [0, 0.1) is 0 Å². The van der Waals surface area contributed by atoms with Crippen molar-refractivity contribution in [1.29, 1.82) is 0 Å². The first-order valence-electron chi connectivity index (χ1n) is 4.65. The Balaban J connectivity index is 3.61. The number of amides is 1. The van der Waals surface area contributed by atoms with E-state index in [1.807, 2.05) is 0 Å². The van der Waals surface area contributed by atoms with Gasteiger partial charge in [-0.1, -0.05) is 0 Å². The highest BCUT2D eigenvalue weighted by Gasteiger charge is 2.10. The summed E-state index contributed by atoms with van der Waals surface area (Å²) >= 11 is 0. The molecule has 7 nitrogen and oxygen atoms in total. The van der Waals surface area contributed by atoms with Crippen molar-refractivity contribution in [2.75, 3.05) is 12.3 Å². The maximum Gasteiger partial charge on any atom is 0.410 e. The highest BCUT2D eigenvalue weighted by molar-refractivity contribution is 7.72. The molecule has 0 spiro atoms. The molecule has 0 aromatic rings. The van der Waals surface area contributed by atoms with Crippen molar-refractivity contribution < 1.29 is 27.5 Å². The predicted octanol–water partition coefficient (Wildman–Crippen LogP) is -0.377. The SMILES string of the molecule is CC(=O)OC(C)OC(=O)NCCC[SH](=O)=O. The van der Waals surface area contributed by atoms with Crippen LogP contribution in [0.2, 0.25) is 0 Å². The van der Waals surface area contributed by atoms with E-state index in [4.69, 9.17) is 0 Å². The van der Waals surface area contributed by atoms with Crippen LogP contribution < -0.4 is 5.32 Å². The van der Waals surface area contributed by atoms with Gasteiger partial charge in [-0.15, -0.1) is 0 Å². The largest absolute Gasteiger partial charge is 0.426 e. The van der Waals surface area contributed by atoms with E-state index in [0.717, 1.165) is 0 Å². The molecule has 0 bridgehead atoms. The minimum atomic E-state index is -2.42. The first-order chi connectivity index (χ1) is 7.41. The molecule has 0 aliphatic carbocycles. The molecule has 1 atom stereocenters. The molecule has 0 rings (SSSR count). The summed E-state index contributed by atoms with van der Waals surface area (Å²) in [6.45, 7) is 2.78. The molecule has 1 amide bonds. The first kappa shape index (κ1) is 14.7. The zero-order valence-electron chi connectivity index (χ0n) is 9.10. The van der Waals surface area contributed by atoms with Crippen molar-refractivity contribution >= 4 is 22.8 Å². The molecule has 0 radical (unpaired) electrons. The fraction of sp³-hybridized carbons (Fsp3) is 0.750. The summed E-state index contributed by atoms with van der Waals surface area (Å²) in [7, 11) is -2.42. The molecule has 0 aliphatic rings. The van der Waals surface area contributed by atoms with Gasteiger partial charge in [0.25, 0.3) is 0 Å². The van der Waals surface area contributed by atoms with Gasteiger partial charge in [-0.05, 0) is 6.42 Å². The van der Waals surface area contributed by atoms with E-state index in [1.54, 1.807) is 0 Å². The summed E-state index contributed by atoms with van der Waals surface area (Å²) in [5.41, 5.74) is 0. The molecule has 0 saturated carbocycles. The number of hydrogen-bond acceptors (Lipinski definition) is 6. The molecule has 1 N–H and O–H groups in total. The van der Waals surface area contributed by atoms with Gasteiger partial charge >= 0.3 is 12.1 Å². The topological polar surface area (TPSA) is 98.8 Å². The second-order valence-electron chi connectivity index (χ2n) is 2.92. The van der Waals surface area contributed by atoms with Gasteiger partial charge in [0.1, 0.15) is 10.7 Å². The Morgan fingerprint density at radius 2 is 1.94 bits per heavy atom. The molecule has 16 heavy (non-hydrogen) atoms. The van der Waals surface area contributed by atoms with Crippen LogP contribution >= 0.6 is 0 Å². The third-order valence-corrected chi connectivity index (χ3v) is 2.07. The Kier molecular flexibility index (Phi) is 7.27. The summed E-state index contributed by atoms with van der Waals surface area (Å²) < 4.78 is 29.5. The number of ether oxygens (including phenoxy) is 2. The van der Waals surface area contributed by atoms with Crippen LogP contribution in [0.3, 0.4) is 0 Å². The molecule has 0 saturated heterocycles. The van der Waals surface area contributed by atoms with Gasteiger partial charge in [0, 0.05) is 26.1 Å². The van der Waals surface area contributed by atoms with Crippen LogP contribution in [0.15, 0.2) is 0 Å². The molecule has 0 aromatic heterocycles. The van der Waals surface area contributed by atoms with Crippen molar-refractivity contribution in [3.05, 3.63) is 0 Å². The summed E-state index contributed by atoms with van der Waals surface area (Å²) in [5.74, 6) is -0.543. The van der Waals surface area contributed by atoms with Gasteiger partial charge in [0.15, 0.2) is 0 Å². The molecular weight excluding hydrogens is 238 g/mol. The Hall–Kier alpha value is -1.31. The average molecular weight is 253 g/mol. The van der Waals surface area contributed by atoms with E-state index >= 15 is 0 Å². The third-order valence-electron chi connectivity index (χ3n) is 1.39. The zero-order valence-corrected chi connectivity index (χ0v) is 9.99. The summed E-state index contributed by atoms with van der Waals surface area (Å²) in [5, 5.41) is 2.32. The standard InChI is InChI=1S/C8H15NO6S/c1-6(10)14-7(2)15-8(11)9-4-3-5-16(12)13/h7,16H,3-5H2,1-2H3,(H,9,11). The molecule has 8 heteroatoms. The van der Waals surface area contributed by atoms with Crippen molar-refractivity contribution in [1.82, 2.24) is 5.32 Å². The second-order valence-corrected chi connectivity index (χ2v) is 4.03. The lowest BCUT2D eigenvalue weighted by molar-refractivity contribution is -0.162. The van der Waals surface area contributed by atoms with E-state index in [1.165, 1.54) is 13.8 Å². The van der Waals surface area contributed by atoms with Crippen LogP contribution in [-0.4, -0.2) is 39.1 Å². The van der Waals surface area contributed by atoms with Crippen LogP contribution in [0.25, 0.3) is 0 Å². The fourth-order valence-electron chi connectivity index (χ4n) is 0.849.